The fraction of sp³-hybridized carbons (Fsp3) is 0.557. The lowest BCUT2D eigenvalue weighted by atomic mass is 9.96. The van der Waals surface area contributed by atoms with Crippen molar-refractivity contribution in [1.29, 1.82) is 0 Å². The first-order chi connectivity index (χ1) is 50.4. The third-order valence-electron chi connectivity index (χ3n) is 16.7. The summed E-state index contributed by atoms with van der Waals surface area (Å²) in [5.41, 5.74) is 29.2. The summed E-state index contributed by atoms with van der Waals surface area (Å²) in [6.45, 7) is 5.81. The highest BCUT2D eigenvalue weighted by Gasteiger charge is 2.54. The largest absolute Gasteiger partial charge is 0.441 e. The second-order valence-electron chi connectivity index (χ2n) is 24.7. The van der Waals surface area contributed by atoms with E-state index in [4.69, 9.17) is 69.9 Å². The number of ether oxygens (including phenoxy) is 5. The molecule has 4 aromatic heterocycles. The van der Waals surface area contributed by atoms with Crippen molar-refractivity contribution < 1.29 is 120 Å². The summed E-state index contributed by atoms with van der Waals surface area (Å²) in [6.07, 6.45) is -24.5. The minimum Gasteiger partial charge on any atom is -0.441 e. The summed E-state index contributed by atoms with van der Waals surface area (Å²) in [5, 5.41) is 112. The Morgan fingerprint density at radius 3 is 2.02 bits per heavy atom. The average molecular weight is 1570 g/mol. The quantitative estimate of drug-likeness (QED) is 0.0130. The number of hydrogen-bond acceptors (Lipinski definition) is 34. The zero-order valence-corrected chi connectivity index (χ0v) is 60.5. The number of aliphatic hydroxyl groups excluding tert-OH is 8. The van der Waals surface area contributed by atoms with Crippen LogP contribution in [0.3, 0.4) is 0 Å². The number of carbonyl (C=O) groups is 8. The van der Waals surface area contributed by atoms with Crippen LogP contribution in [0.1, 0.15) is 107 Å². The van der Waals surface area contributed by atoms with Crippen LogP contribution in [-0.2, 0) is 64.5 Å². The fourth-order valence-corrected chi connectivity index (χ4v) is 12.3. The third-order valence-corrected chi connectivity index (χ3v) is 18.4. The number of thiazole rings is 2. The zero-order valence-electron chi connectivity index (χ0n) is 58.1. The molecule has 28 N–H and O–H groups in total. The van der Waals surface area contributed by atoms with Crippen LogP contribution in [0.25, 0.3) is 10.7 Å². The maximum atomic E-state index is 15.2. The van der Waals surface area contributed by atoms with Gasteiger partial charge in [0, 0.05) is 54.8 Å². The van der Waals surface area contributed by atoms with Crippen molar-refractivity contribution in [2.75, 3.05) is 45.1 Å². The number of aliphatic hydroxyl groups is 8. The van der Waals surface area contributed by atoms with Gasteiger partial charge < -0.3 is 135 Å². The fourth-order valence-electron chi connectivity index (χ4n) is 10.7. The molecule has 2 fully saturated rings. The number of amides is 8. The maximum Gasteiger partial charge on any atom is 0.404 e. The number of primary amides is 3. The molecule has 2 aliphatic heterocycles. The van der Waals surface area contributed by atoms with Crippen molar-refractivity contribution in [3.63, 3.8) is 0 Å². The molecule has 8 amide bonds. The van der Waals surface area contributed by atoms with Crippen LogP contribution in [0.4, 0.5) is 10.6 Å². The van der Waals surface area contributed by atoms with Gasteiger partial charge in [-0.1, -0.05) is 37.3 Å². The molecule has 11 unspecified atom stereocenters. The summed E-state index contributed by atoms with van der Waals surface area (Å²) in [7, 11) is -4.67. The van der Waals surface area contributed by atoms with Crippen LogP contribution in [-0.4, -0.2) is 273 Å². The van der Waals surface area contributed by atoms with Gasteiger partial charge in [-0.05, 0) is 46.2 Å². The molecule has 7 rings (SSSR count). The van der Waals surface area contributed by atoms with Gasteiger partial charge in [0.2, 0.25) is 29.5 Å². The molecule has 2 aliphatic rings. The van der Waals surface area contributed by atoms with E-state index in [1.54, 1.807) is 10.8 Å². The highest BCUT2D eigenvalue weighted by Crippen LogP contribution is 2.35. The number of carbonyl (C=O) groups excluding carboxylic acids is 8. The van der Waals surface area contributed by atoms with Gasteiger partial charge in [-0.3, -0.25) is 42.7 Å². The molecular weight excluding hydrogens is 1480 g/mol. The van der Waals surface area contributed by atoms with E-state index in [0.717, 1.165) is 18.1 Å². The smallest absolute Gasteiger partial charge is 0.404 e. The average Bonchev–Trinajstić information content (AvgIpc) is 1.00. The zero-order chi connectivity index (χ0) is 79.3. The number of aromatic amines is 1. The van der Waals surface area contributed by atoms with Gasteiger partial charge in [-0.2, -0.15) is 8.42 Å². The van der Waals surface area contributed by atoms with Gasteiger partial charge >= 0.3 is 16.5 Å². The maximum absolute atomic E-state index is 15.2. The van der Waals surface area contributed by atoms with E-state index < -0.39 is 193 Å². The molecule has 0 radical (unpaired) electrons. The van der Waals surface area contributed by atoms with Crippen molar-refractivity contribution in [3.05, 3.63) is 92.7 Å². The Balaban J connectivity index is 0.00000346. The number of aromatic nitrogens is 6. The second kappa shape index (κ2) is 40.6. The summed E-state index contributed by atoms with van der Waals surface area (Å²) in [5.74, 6) is -8.75. The lowest BCUT2D eigenvalue weighted by molar-refractivity contribution is -0.372. The number of H-pyrrole nitrogens is 1. The molecular formula is C61H90N18O25S3. The van der Waals surface area contributed by atoms with Gasteiger partial charge in [0.05, 0.1) is 72.7 Å². The second-order valence-corrected chi connectivity index (χ2v) is 27.4. The van der Waals surface area contributed by atoms with Crippen molar-refractivity contribution in [3.8, 4) is 10.7 Å². The molecule has 592 valence electrons. The molecule has 0 bridgehead atoms. The minimum atomic E-state index is -4.67. The number of nitrogens with zero attached hydrogens (tertiary/aromatic N) is 5. The molecule has 43 nitrogen and oxygen atoms in total. The number of benzene rings is 1. The first-order valence-electron chi connectivity index (χ1n) is 32.9. The normalized spacial score (nSPS) is 23.0. The Labute approximate surface area is 618 Å². The third kappa shape index (κ3) is 25.2. The SMILES string of the molecule is Cc1c(N)nc([C@H](CC(N)=O)NC[C@H](N)C(N)=O)nc1C(=O)N[C@H](C(=O)N[C@H](C)[C@@H](O)[C@H](C)C(=O)N[C@H](C(=O)NCCc1nc(-c2nc(C(=O)NCCCNC(C)c3ccccc3)cs2)cs1)[C@@H](C)O)[C@@H](OC1OC(CO)C(O)C(O)C1OC1OC(CO)C(O)C(OC(N)=O)C1O)c1cnc[nH]1.O=S(=O)(O)O. The molecule has 2 saturated heterocycles. The summed E-state index contributed by atoms with van der Waals surface area (Å²) >= 11 is 2.50. The lowest BCUT2D eigenvalue weighted by Gasteiger charge is -2.47. The number of hydrogen-bond donors (Lipinski definition) is 23. The highest BCUT2D eigenvalue weighted by atomic mass is 32.3. The summed E-state index contributed by atoms with van der Waals surface area (Å²) in [6, 6.07) is 2.26. The first-order valence-corrected chi connectivity index (χ1v) is 36.0. The summed E-state index contributed by atoms with van der Waals surface area (Å²) in [4.78, 5) is 131. The predicted octanol–water partition coefficient (Wildman–Crippen LogP) is -6.88. The van der Waals surface area contributed by atoms with Crippen molar-refractivity contribution in [2.24, 2.45) is 28.9 Å². The van der Waals surface area contributed by atoms with Crippen LogP contribution >= 0.6 is 22.7 Å². The van der Waals surface area contributed by atoms with E-state index >= 15 is 4.79 Å². The van der Waals surface area contributed by atoms with Crippen molar-refractivity contribution >= 4 is 86.3 Å². The number of nitrogen functional groups attached to an aromatic ring is 1. The molecule has 5 aromatic rings. The Kier molecular flexibility index (Phi) is 33.1. The minimum absolute atomic E-state index is 0.0169. The molecule has 0 aliphatic carbocycles. The van der Waals surface area contributed by atoms with E-state index in [1.165, 1.54) is 50.4 Å². The van der Waals surface area contributed by atoms with E-state index in [-0.39, 0.29) is 60.1 Å². The van der Waals surface area contributed by atoms with Crippen molar-refractivity contribution in [1.82, 2.24) is 67.1 Å². The van der Waals surface area contributed by atoms with E-state index in [2.05, 4.69) is 74.0 Å². The van der Waals surface area contributed by atoms with Crippen LogP contribution in [0.2, 0.25) is 0 Å². The van der Waals surface area contributed by atoms with Gasteiger partial charge in [0.25, 0.3) is 11.8 Å². The Hall–Kier alpha value is -8.60. The number of nitrogens with one attached hydrogen (secondary N) is 8. The van der Waals surface area contributed by atoms with Crippen LogP contribution in [0.15, 0.2) is 53.6 Å². The van der Waals surface area contributed by atoms with Crippen molar-refractivity contribution in [2.45, 2.75) is 170 Å². The van der Waals surface area contributed by atoms with Crippen LogP contribution in [0.5, 0.6) is 0 Å². The lowest BCUT2D eigenvalue weighted by Crippen LogP contribution is -2.65. The molecule has 107 heavy (non-hydrogen) atoms. The number of anilines is 1. The number of rotatable bonds is 37. The van der Waals surface area contributed by atoms with Gasteiger partial charge in [-0.15, -0.1) is 22.7 Å². The van der Waals surface area contributed by atoms with Crippen LogP contribution < -0.4 is 65.9 Å². The van der Waals surface area contributed by atoms with Gasteiger partial charge in [0.15, 0.2) is 18.7 Å². The Morgan fingerprint density at radius 1 is 0.738 bits per heavy atom. The Morgan fingerprint density at radius 2 is 1.40 bits per heavy atom. The van der Waals surface area contributed by atoms with Gasteiger partial charge in [-0.25, -0.2) is 29.7 Å². The molecule has 0 saturated carbocycles. The van der Waals surface area contributed by atoms with E-state index in [1.807, 2.05) is 30.3 Å². The predicted molar refractivity (Wildman–Crippen MR) is 372 cm³/mol. The first kappa shape index (κ1) is 87.3. The standard InChI is InChI=1S/C61H88N18O21S2.H2O4S/c1-24-39(76-52(79-50(24)64)31(16-37(63)83)71-17-30(62)51(65)89)56(93)78-41(47(32-18-67-23-72-32)98-60-49(45(87)43(85)35(19-80)97-60)99-59-46(88)48(100-61(66)95)44(86)36(20-81)96-59)57(94)73-27(4)42(84)25(2)53(90)77-40(28(5)82)55(92)70-15-12-38-74-34(22-101-38)58-75-33(21-102-58)54(91)69-14-9-13-68-26(3)29-10-7-6-8-11-29;1-5(2,3)4/h6-8,10-11,18,21-23,25-28,30-31,35-36,40-49,59-60,68,71,80-82,84-88H,9,12-17,19-20,62H2,1-5H3,(H2,63,83)(H2,65,89)(H2,66,95)(H,67,72)(H,69,91)(H,70,92)(H,73,94)(H,77,90)(H,78,93)(H2,64,76,79);(H2,1,2,3,4)/t25-,26?,27+,28+,30-,31-,35?,36?,40-,41-,42-,43?,44?,45?,46?,47-,48?,49?,59?,60?;/m0./s1. The van der Waals surface area contributed by atoms with Gasteiger partial charge in [0.1, 0.15) is 94.6 Å². The molecule has 6 heterocycles. The topological polar surface area (TPSA) is 714 Å². The molecule has 0 spiro atoms. The van der Waals surface area contributed by atoms with E-state index in [0.29, 0.717) is 35.2 Å². The Bertz CT molecular complexity index is 3880. The monoisotopic (exact) mass is 1570 g/mol. The molecule has 1 aromatic carbocycles. The van der Waals surface area contributed by atoms with Crippen LogP contribution in [0, 0.1) is 12.8 Å². The molecule has 46 heteroatoms. The highest BCUT2D eigenvalue weighted by molar-refractivity contribution is 7.79. The number of nitrogens with two attached hydrogens (primary N) is 5. The summed E-state index contributed by atoms with van der Waals surface area (Å²) < 4.78 is 60.4. The molecule has 20 atom stereocenters. The van der Waals surface area contributed by atoms with E-state index in [9.17, 15) is 74.4 Å². The number of imidazole rings is 1.